The standard InChI is InChI=1S/C14H17Cl2NO2S/c1-17(7-9-4-11(18)5-9)14(19)8-20-13-6-10(15)2-3-12(13)16/h2-3,6,9,11,18H,4-5,7-8H2,1H3. The van der Waals surface area contributed by atoms with E-state index in [2.05, 4.69) is 0 Å². The second-order valence-corrected chi connectivity index (χ2v) is 6.99. The zero-order chi connectivity index (χ0) is 14.7. The Morgan fingerprint density at radius 1 is 1.45 bits per heavy atom. The number of carbonyl (C=O) groups is 1. The van der Waals surface area contributed by atoms with Crippen molar-refractivity contribution in [1.82, 2.24) is 4.90 Å². The SMILES string of the molecule is CN(CC1CC(O)C1)C(=O)CSc1cc(Cl)ccc1Cl. The van der Waals surface area contributed by atoms with Crippen LogP contribution in [0.4, 0.5) is 0 Å². The molecule has 0 bridgehead atoms. The van der Waals surface area contributed by atoms with E-state index in [0.29, 0.717) is 28.3 Å². The van der Waals surface area contributed by atoms with E-state index in [1.165, 1.54) is 11.8 Å². The Morgan fingerprint density at radius 3 is 2.80 bits per heavy atom. The highest BCUT2D eigenvalue weighted by atomic mass is 35.5. The van der Waals surface area contributed by atoms with Gasteiger partial charge < -0.3 is 10.0 Å². The summed E-state index contributed by atoms with van der Waals surface area (Å²) in [6.07, 6.45) is 1.42. The monoisotopic (exact) mass is 333 g/mol. The first-order valence-corrected chi connectivity index (χ1v) is 8.19. The molecule has 1 N–H and O–H groups in total. The van der Waals surface area contributed by atoms with Crippen molar-refractivity contribution < 1.29 is 9.90 Å². The zero-order valence-corrected chi connectivity index (χ0v) is 13.5. The van der Waals surface area contributed by atoms with E-state index >= 15 is 0 Å². The summed E-state index contributed by atoms with van der Waals surface area (Å²) in [6, 6.07) is 5.23. The molecule has 0 radical (unpaired) electrons. The number of amides is 1. The van der Waals surface area contributed by atoms with Gasteiger partial charge in [0.1, 0.15) is 0 Å². The molecule has 6 heteroatoms. The molecule has 0 aliphatic heterocycles. The molecule has 0 heterocycles. The molecule has 1 saturated carbocycles. The van der Waals surface area contributed by atoms with Crippen LogP contribution >= 0.6 is 35.0 Å². The molecule has 0 saturated heterocycles. The molecular formula is C14H17Cl2NO2S. The van der Waals surface area contributed by atoms with Crippen LogP contribution < -0.4 is 0 Å². The molecule has 1 aromatic rings. The number of halogens is 2. The first-order valence-electron chi connectivity index (χ1n) is 6.45. The van der Waals surface area contributed by atoms with E-state index in [4.69, 9.17) is 23.2 Å². The maximum Gasteiger partial charge on any atom is 0.232 e. The minimum absolute atomic E-state index is 0.0624. The molecule has 0 unspecified atom stereocenters. The van der Waals surface area contributed by atoms with Crippen LogP contribution in [0.2, 0.25) is 10.0 Å². The number of benzene rings is 1. The fraction of sp³-hybridized carbons (Fsp3) is 0.500. The van der Waals surface area contributed by atoms with Crippen LogP contribution in [0.25, 0.3) is 0 Å². The molecule has 110 valence electrons. The number of aliphatic hydroxyl groups is 1. The summed E-state index contributed by atoms with van der Waals surface area (Å²) < 4.78 is 0. The molecule has 1 aliphatic rings. The van der Waals surface area contributed by atoms with Crippen molar-refractivity contribution in [2.24, 2.45) is 5.92 Å². The Bertz CT molecular complexity index is 492. The summed E-state index contributed by atoms with van der Waals surface area (Å²) in [5.41, 5.74) is 0. The van der Waals surface area contributed by atoms with Crippen molar-refractivity contribution in [3.63, 3.8) is 0 Å². The lowest BCUT2D eigenvalue weighted by atomic mass is 9.82. The fourth-order valence-electron chi connectivity index (χ4n) is 2.18. The van der Waals surface area contributed by atoms with E-state index in [9.17, 15) is 9.90 Å². The van der Waals surface area contributed by atoms with E-state index in [-0.39, 0.29) is 12.0 Å². The number of thioether (sulfide) groups is 1. The second kappa shape index (κ2) is 7.03. The molecule has 1 amide bonds. The lowest BCUT2D eigenvalue weighted by Gasteiger charge is -2.34. The average Bonchev–Trinajstić information content (AvgIpc) is 2.37. The van der Waals surface area contributed by atoms with Crippen molar-refractivity contribution in [1.29, 1.82) is 0 Å². The Labute approximate surface area is 133 Å². The molecule has 20 heavy (non-hydrogen) atoms. The van der Waals surface area contributed by atoms with Gasteiger partial charge in [0.15, 0.2) is 0 Å². The smallest absolute Gasteiger partial charge is 0.232 e. The molecule has 3 nitrogen and oxygen atoms in total. The summed E-state index contributed by atoms with van der Waals surface area (Å²) in [5, 5.41) is 10.5. The predicted octanol–water partition coefficient (Wildman–Crippen LogP) is 3.31. The number of carbonyl (C=O) groups excluding carboxylic acids is 1. The summed E-state index contributed by atoms with van der Waals surface area (Å²) >= 11 is 13.4. The van der Waals surface area contributed by atoms with Gasteiger partial charge in [0, 0.05) is 23.5 Å². The first kappa shape index (κ1) is 16.0. The molecule has 1 aliphatic carbocycles. The molecule has 0 spiro atoms. The van der Waals surface area contributed by atoms with Crippen LogP contribution in [0, 0.1) is 5.92 Å². The van der Waals surface area contributed by atoms with Crippen molar-refractivity contribution in [3.8, 4) is 0 Å². The van der Waals surface area contributed by atoms with Gasteiger partial charge in [0.2, 0.25) is 5.91 Å². The van der Waals surface area contributed by atoms with Crippen LogP contribution in [0.5, 0.6) is 0 Å². The zero-order valence-electron chi connectivity index (χ0n) is 11.2. The Hall–Kier alpha value is -0.420. The third kappa shape index (κ3) is 4.29. The minimum Gasteiger partial charge on any atom is -0.393 e. The highest BCUT2D eigenvalue weighted by Gasteiger charge is 2.29. The van der Waals surface area contributed by atoms with Crippen molar-refractivity contribution >= 4 is 40.9 Å². The summed E-state index contributed by atoms with van der Waals surface area (Å²) in [7, 11) is 1.80. The average molecular weight is 334 g/mol. The van der Waals surface area contributed by atoms with Gasteiger partial charge in [-0.3, -0.25) is 4.79 Å². The fourth-order valence-corrected chi connectivity index (χ4v) is 3.61. The quantitative estimate of drug-likeness (QED) is 0.840. The maximum absolute atomic E-state index is 12.0. The molecule has 1 fully saturated rings. The first-order chi connectivity index (χ1) is 9.45. The molecule has 0 atom stereocenters. The van der Waals surface area contributed by atoms with Crippen LogP contribution in [-0.4, -0.2) is 41.4 Å². The maximum atomic E-state index is 12.0. The predicted molar refractivity (Wildman–Crippen MR) is 83.6 cm³/mol. The van der Waals surface area contributed by atoms with Gasteiger partial charge in [-0.25, -0.2) is 0 Å². The van der Waals surface area contributed by atoms with Gasteiger partial charge in [-0.2, -0.15) is 0 Å². The second-order valence-electron chi connectivity index (χ2n) is 5.13. The lowest BCUT2D eigenvalue weighted by Crippen LogP contribution is -2.40. The highest BCUT2D eigenvalue weighted by molar-refractivity contribution is 8.00. The van der Waals surface area contributed by atoms with E-state index < -0.39 is 0 Å². The molecule has 2 rings (SSSR count). The molecule has 0 aromatic heterocycles. The van der Waals surface area contributed by atoms with Crippen LogP contribution in [0.3, 0.4) is 0 Å². The van der Waals surface area contributed by atoms with E-state index in [1.54, 1.807) is 30.1 Å². The highest BCUT2D eigenvalue weighted by Crippen LogP contribution is 2.31. The van der Waals surface area contributed by atoms with Crippen LogP contribution in [0.1, 0.15) is 12.8 Å². The number of aliphatic hydroxyl groups excluding tert-OH is 1. The number of nitrogens with zero attached hydrogens (tertiary/aromatic N) is 1. The van der Waals surface area contributed by atoms with E-state index in [0.717, 1.165) is 17.7 Å². The third-order valence-electron chi connectivity index (χ3n) is 3.41. The van der Waals surface area contributed by atoms with Gasteiger partial charge in [0.25, 0.3) is 0 Å². The topological polar surface area (TPSA) is 40.5 Å². The van der Waals surface area contributed by atoms with Crippen LogP contribution in [-0.2, 0) is 4.79 Å². The number of hydrogen-bond donors (Lipinski definition) is 1. The van der Waals surface area contributed by atoms with Gasteiger partial charge >= 0.3 is 0 Å². The number of hydrogen-bond acceptors (Lipinski definition) is 3. The Balaban J connectivity index is 1.80. The largest absolute Gasteiger partial charge is 0.393 e. The van der Waals surface area contributed by atoms with Gasteiger partial charge in [-0.15, -0.1) is 11.8 Å². The Morgan fingerprint density at radius 2 is 2.15 bits per heavy atom. The minimum atomic E-state index is -0.178. The molecule has 1 aromatic carbocycles. The third-order valence-corrected chi connectivity index (χ3v) is 5.13. The summed E-state index contributed by atoms with van der Waals surface area (Å²) in [6.45, 7) is 0.708. The summed E-state index contributed by atoms with van der Waals surface area (Å²) in [5.74, 6) is 0.831. The van der Waals surface area contributed by atoms with Crippen molar-refractivity contribution in [3.05, 3.63) is 28.2 Å². The number of rotatable bonds is 5. The lowest BCUT2D eigenvalue weighted by molar-refractivity contribution is -0.128. The van der Waals surface area contributed by atoms with Crippen molar-refractivity contribution in [2.45, 2.75) is 23.8 Å². The van der Waals surface area contributed by atoms with Crippen LogP contribution in [0.15, 0.2) is 23.1 Å². The normalized spacial score (nSPS) is 21.4. The summed E-state index contributed by atoms with van der Waals surface area (Å²) in [4.78, 5) is 14.6. The van der Waals surface area contributed by atoms with E-state index in [1.807, 2.05) is 0 Å². The molecular weight excluding hydrogens is 317 g/mol. The van der Waals surface area contributed by atoms with Crippen molar-refractivity contribution in [2.75, 3.05) is 19.3 Å². The van der Waals surface area contributed by atoms with Gasteiger partial charge in [-0.1, -0.05) is 23.2 Å². The Kier molecular flexibility index (Phi) is 5.61. The van der Waals surface area contributed by atoms with Gasteiger partial charge in [0.05, 0.1) is 16.9 Å². The van der Waals surface area contributed by atoms with Gasteiger partial charge in [-0.05, 0) is 37.0 Å².